The Bertz CT molecular complexity index is 2890. The zero-order valence-electron chi connectivity index (χ0n) is 26.3. The number of nitrogens with zero attached hydrogens (tertiary/aromatic N) is 5. The first-order valence-electron chi connectivity index (χ1n) is 16.6. The van der Waals surface area contributed by atoms with Crippen molar-refractivity contribution in [2.24, 2.45) is 0 Å². The third kappa shape index (κ3) is 3.59. The first-order chi connectivity index (χ1) is 24.3. The SMILES string of the molecule is c1cncc(N2c3cccc4cccc(c34)-c3ccc4c(c32)c2ccccc2n4-c2cccc(-n3c4ccccc4c4ccccc43)n2)c1. The largest absolute Gasteiger partial charge is 0.307 e. The van der Waals surface area contributed by atoms with Crippen LogP contribution in [0.15, 0.2) is 164 Å². The third-order valence-electron chi connectivity index (χ3n) is 10.1. The Hall–Kier alpha value is -6.72. The van der Waals surface area contributed by atoms with Gasteiger partial charge < -0.3 is 4.90 Å². The van der Waals surface area contributed by atoms with Gasteiger partial charge >= 0.3 is 0 Å². The van der Waals surface area contributed by atoms with E-state index in [0.717, 1.165) is 50.8 Å². The number of benzene rings is 6. The molecule has 1 aliphatic rings. The molecule has 11 rings (SSSR count). The van der Waals surface area contributed by atoms with Crippen LogP contribution in [0.2, 0.25) is 0 Å². The molecule has 5 heteroatoms. The lowest BCUT2D eigenvalue weighted by Gasteiger charge is -2.34. The van der Waals surface area contributed by atoms with Gasteiger partial charge in [-0.2, -0.15) is 0 Å². The van der Waals surface area contributed by atoms with Crippen LogP contribution >= 0.6 is 0 Å². The summed E-state index contributed by atoms with van der Waals surface area (Å²) in [5.41, 5.74) is 10.3. The smallest absolute Gasteiger partial charge is 0.140 e. The first-order valence-corrected chi connectivity index (χ1v) is 16.6. The van der Waals surface area contributed by atoms with E-state index in [1.54, 1.807) is 0 Å². The van der Waals surface area contributed by atoms with E-state index >= 15 is 0 Å². The van der Waals surface area contributed by atoms with Crippen LogP contribution in [0.3, 0.4) is 0 Å². The molecule has 0 bridgehead atoms. The predicted molar refractivity (Wildman–Crippen MR) is 202 cm³/mol. The average Bonchev–Trinajstić information content (AvgIpc) is 3.69. The normalized spacial score (nSPS) is 12.4. The van der Waals surface area contributed by atoms with E-state index in [0.29, 0.717) is 0 Å². The molecule has 4 aromatic heterocycles. The van der Waals surface area contributed by atoms with Crippen LogP contribution in [-0.2, 0) is 0 Å². The van der Waals surface area contributed by atoms with Crippen LogP contribution in [-0.4, -0.2) is 19.1 Å². The lowest BCUT2D eigenvalue weighted by Crippen LogP contribution is -2.15. The summed E-state index contributed by atoms with van der Waals surface area (Å²) in [5.74, 6) is 1.76. The number of pyridine rings is 2. The molecule has 6 aromatic carbocycles. The summed E-state index contributed by atoms with van der Waals surface area (Å²) in [4.78, 5) is 12.4. The van der Waals surface area contributed by atoms with Crippen molar-refractivity contribution >= 4 is 71.4 Å². The van der Waals surface area contributed by atoms with E-state index in [1.165, 1.54) is 43.4 Å². The van der Waals surface area contributed by atoms with Gasteiger partial charge in [0.25, 0.3) is 0 Å². The molecule has 5 heterocycles. The molecular formula is C44H27N5. The lowest BCUT2D eigenvalue weighted by molar-refractivity contribution is 1.01. The van der Waals surface area contributed by atoms with Crippen LogP contribution in [0.25, 0.3) is 77.1 Å². The summed E-state index contributed by atoms with van der Waals surface area (Å²) in [6, 6.07) is 54.2. The van der Waals surface area contributed by atoms with Crippen molar-refractivity contribution < 1.29 is 0 Å². The molecule has 0 fully saturated rings. The number of anilines is 3. The molecule has 0 N–H and O–H groups in total. The zero-order valence-corrected chi connectivity index (χ0v) is 26.3. The van der Waals surface area contributed by atoms with Crippen molar-refractivity contribution in [3.05, 3.63) is 164 Å². The monoisotopic (exact) mass is 625 g/mol. The molecule has 0 amide bonds. The van der Waals surface area contributed by atoms with Crippen LogP contribution in [0.4, 0.5) is 17.1 Å². The number of rotatable bonds is 3. The highest BCUT2D eigenvalue weighted by atomic mass is 15.2. The minimum Gasteiger partial charge on any atom is -0.307 e. The second-order valence-electron chi connectivity index (χ2n) is 12.7. The average molecular weight is 626 g/mol. The molecule has 0 atom stereocenters. The Morgan fingerprint density at radius 2 is 1.06 bits per heavy atom. The maximum atomic E-state index is 5.42. The molecular weight excluding hydrogens is 599 g/mol. The van der Waals surface area contributed by atoms with Crippen LogP contribution in [0.5, 0.6) is 0 Å². The fourth-order valence-corrected chi connectivity index (χ4v) is 8.18. The van der Waals surface area contributed by atoms with E-state index in [-0.39, 0.29) is 0 Å². The van der Waals surface area contributed by atoms with Gasteiger partial charge in [-0.1, -0.05) is 97.1 Å². The Kier molecular flexibility index (Phi) is 5.32. The number of para-hydroxylation sites is 3. The Morgan fingerprint density at radius 3 is 1.78 bits per heavy atom. The lowest BCUT2D eigenvalue weighted by atomic mass is 9.89. The maximum absolute atomic E-state index is 5.42. The van der Waals surface area contributed by atoms with E-state index in [9.17, 15) is 0 Å². The molecule has 5 nitrogen and oxygen atoms in total. The Morgan fingerprint density at radius 1 is 0.429 bits per heavy atom. The van der Waals surface area contributed by atoms with E-state index in [4.69, 9.17) is 4.98 Å². The van der Waals surface area contributed by atoms with Gasteiger partial charge in [0.15, 0.2) is 0 Å². The van der Waals surface area contributed by atoms with E-state index < -0.39 is 0 Å². The van der Waals surface area contributed by atoms with E-state index in [2.05, 4.69) is 165 Å². The maximum Gasteiger partial charge on any atom is 0.140 e. The van der Waals surface area contributed by atoms with Crippen molar-refractivity contribution in [3.63, 3.8) is 0 Å². The van der Waals surface area contributed by atoms with Crippen LogP contribution in [0, 0.1) is 0 Å². The van der Waals surface area contributed by atoms with Gasteiger partial charge in [0, 0.05) is 38.7 Å². The minimum atomic E-state index is 0.872. The van der Waals surface area contributed by atoms with Crippen molar-refractivity contribution in [3.8, 4) is 22.8 Å². The molecule has 0 unspecified atom stereocenters. The standard InChI is InChI=1S/C44H27N5/c1-4-18-35-30(14-1)31-15-2-5-19-36(31)48(35)40-22-9-23-41(46-40)49-37-20-6-3-16-34(37)43-39(49)25-24-33-32-17-7-11-28-12-8-21-38(42(28)32)47(44(33)43)29-13-10-26-45-27-29/h1-27H. The van der Waals surface area contributed by atoms with Gasteiger partial charge in [0.2, 0.25) is 0 Å². The molecule has 0 aliphatic carbocycles. The highest BCUT2D eigenvalue weighted by Gasteiger charge is 2.30. The zero-order chi connectivity index (χ0) is 32.1. The number of hydrogen-bond donors (Lipinski definition) is 0. The van der Waals surface area contributed by atoms with Crippen molar-refractivity contribution in [2.45, 2.75) is 0 Å². The quantitative estimate of drug-likeness (QED) is 0.196. The molecule has 0 spiro atoms. The summed E-state index contributed by atoms with van der Waals surface area (Å²) in [7, 11) is 0. The molecule has 0 saturated heterocycles. The van der Waals surface area contributed by atoms with Gasteiger partial charge in [-0.25, -0.2) is 4.98 Å². The predicted octanol–water partition coefficient (Wildman–Crippen LogP) is 11.3. The van der Waals surface area contributed by atoms with Gasteiger partial charge in [-0.15, -0.1) is 0 Å². The highest BCUT2D eigenvalue weighted by Crippen LogP contribution is 2.54. The second kappa shape index (κ2) is 9.89. The second-order valence-corrected chi connectivity index (χ2v) is 12.7. The van der Waals surface area contributed by atoms with Gasteiger partial charge in [-0.3, -0.25) is 14.1 Å². The summed E-state index contributed by atoms with van der Waals surface area (Å²) in [5, 5.41) is 7.29. The van der Waals surface area contributed by atoms with Gasteiger partial charge in [-0.05, 0) is 65.5 Å². The summed E-state index contributed by atoms with van der Waals surface area (Å²) >= 11 is 0. The number of hydrogen-bond acceptors (Lipinski definition) is 3. The van der Waals surface area contributed by atoms with Crippen molar-refractivity contribution in [1.82, 2.24) is 19.1 Å². The molecule has 0 radical (unpaired) electrons. The van der Waals surface area contributed by atoms with Gasteiger partial charge in [0.05, 0.1) is 45.3 Å². The topological polar surface area (TPSA) is 38.9 Å². The minimum absolute atomic E-state index is 0.872. The third-order valence-corrected chi connectivity index (χ3v) is 10.1. The summed E-state index contributed by atoms with van der Waals surface area (Å²) in [6.45, 7) is 0. The molecule has 228 valence electrons. The summed E-state index contributed by atoms with van der Waals surface area (Å²) < 4.78 is 4.61. The van der Waals surface area contributed by atoms with E-state index in [1.807, 2.05) is 18.5 Å². The molecule has 1 aliphatic heterocycles. The molecule has 0 saturated carbocycles. The number of fused-ring (bicyclic) bond motifs is 9. The fraction of sp³-hybridized carbons (Fsp3) is 0. The van der Waals surface area contributed by atoms with Crippen molar-refractivity contribution in [1.29, 1.82) is 0 Å². The molecule has 10 aromatic rings. The first kappa shape index (κ1) is 26.4. The number of aromatic nitrogens is 4. The molecule has 49 heavy (non-hydrogen) atoms. The Labute approximate surface area is 281 Å². The van der Waals surface area contributed by atoms with Crippen molar-refractivity contribution in [2.75, 3.05) is 4.90 Å². The summed E-state index contributed by atoms with van der Waals surface area (Å²) in [6.07, 6.45) is 3.80. The van der Waals surface area contributed by atoms with Crippen LogP contribution in [0.1, 0.15) is 0 Å². The fourth-order valence-electron chi connectivity index (χ4n) is 8.18. The Balaban J connectivity index is 1.23. The highest BCUT2D eigenvalue weighted by molar-refractivity contribution is 6.24. The van der Waals surface area contributed by atoms with Gasteiger partial charge in [0.1, 0.15) is 11.6 Å². The van der Waals surface area contributed by atoms with Crippen LogP contribution < -0.4 is 4.90 Å².